The van der Waals surface area contributed by atoms with Crippen molar-refractivity contribution in [3.63, 3.8) is 0 Å². The highest BCUT2D eigenvalue weighted by molar-refractivity contribution is 7.20. The Balaban J connectivity index is 1.60. The summed E-state index contributed by atoms with van der Waals surface area (Å²) in [6.45, 7) is 4.78. The van der Waals surface area contributed by atoms with Crippen molar-refractivity contribution in [2.75, 3.05) is 39.5 Å². The van der Waals surface area contributed by atoms with Gasteiger partial charge in [0.25, 0.3) is 10.9 Å². The third-order valence-corrected chi connectivity index (χ3v) is 4.23. The van der Waals surface area contributed by atoms with Gasteiger partial charge in [-0.1, -0.05) is 11.3 Å². The molecule has 112 valence electrons. The van der Waals surface area contributed by atoms with Crippen LogP contribution in [0.5, 0.6) is 5.19 Å². The molecule has 8 heteroatoms. The summed E-state index contributed by atoms with van der Waals surface area (Å²) in [6.07, 6.45) is 0. The molecule has 0 radical (unpaired) electrons. The number of nitro benzene ring substituents is 1. The SMILES string of the molecule is O=[N+]([O-])c1ccc2nc(OCCN3CCOCC3)sc2c1. The number of aromatic nitrogens is 1. The van der Waals surface area contributed by atoms with Crippen molar-refractivity contribution in [1.29, 1.82) is 0 Å². The van der Waals surface area contributed by atoms with Gasteiger partial charge in [0.05, 0.1) is 28.4 Å². The first-order valence-electron chi connectivity index (χ1n) is 6.70. The van der Waals surface area contributed by atoms with E-state index < -0.39 is 4.92 Å². The molecule has 2 aromatic rings. The number of ether oxygens (including phenoxy) is 2. The third-order valence-electron chi connectivity index (χ3n) is 3.30. The van der Waals surface area contributed by atoms with Crippen LogP contribution in [0.2, 0.25) is 0 Å². The van der Waals surface area contributed by atoms with E-state index in [9.17, 15) is 10.1 Å². The van der Waals surface area contributed by atoms with Gasteiger partial charge in [-0.3, -0.25) is 15.0 Å². The standard InChI is InChI=1S/C13H15N3O4S/c17-16(18)10-1-2-11-12(9-10)21-13(14-11)20-8-5-15-3-6-19-7-4-15/h1-2,9H,3-8H2. The normalized spacial score (nSPS) is 16.2. The van der Waals surface area contributed by atoms with Gasteiger partial charge in [0.2, 0.25) is 0 Å². The van der Waals surface area contributed by atoms with Crippen LogP contribution in [0.25, 0.3) is 10.2 Å². The molecule has 2 heterocycles. The lowest BCUT2D eigenvalue weighted by atomic mass is 10.3. The molecule has 0 unspecified atom stereocenters. The molecule has 0 saturated carbocycles. The lowest BCUT2D eigenvalue weighted by molar-refractivity contribution is -0.384. The minimum Gasteiger partial charge on any atom is -0.469 e. The zero-order chi connectivity index (χ0) is 14.7. The van der Waals surface area contributed by atoms with E-state index in [0.717, 1.165) is 43.1 Å². The van der Waals surface area contributed by atoms with Crippen LogP contribution in [-0.4, -0.2) is 54.3 Å². The highest BCUT2D eigenvalue weighted by atomic mass is 32.1. The summed E-state index contributed by atoms with van der Waals surface area (Å²) in [5, 5.41) is 11.3. The van der Waals surface area contributed by atoms with E-state index in [-0.39, 0.29) is 5.69 Å². The van der Waals surface area contributed by atoms with Gasteiger partial charge >= 0.3 is 0 Å². The van der Waals surface area contributed by atoms with E-state index in [1.165, 1.54) is 23.5 Å². The van der Waals surface area contributed by atoms with Gasteiger partial charge in [-0.2, -0.15) is 0 Å². The number of nitro groups is 1. The van der Waals surface area contributed by atoms with Crippen LogP contribution in [0, 0.1) is 10.1 Å². The molecule has 1 aromatic carbocycles. The van der Waals surface area contributed by atoms with Gasteiger partial charge in [-0.15, -0.1) is 0 Å². The van der Waals surface area contributed by atoms with Crippen LogP contribution in [0.15, 0.2) is 18.2 Å². The highest BCUT2D eigenvalue weighted by Gasteiger charge is 2.12. The fourth-order valence-electron chi connectivity index (χ4n) is 2.15. The lowest BCUT2D eigenvalue weighted by Gasteiger charge is -2.26. The van der Waals surface area contributed by atoms with Crippen molar-refractivity contribution in [3.05, 3.63) is 28.3 Å². The number of hydrogen-bond acceptors (Lipinski definition) is 7. The number of hydrogen-bond donors (Lipinski definition) is 0. The van der Waals surface area contributed by atoms with Crippen LogP contribution in [0.4, 0.5) is 5.69 Å². The molecule has 1 fully saturated rings. The molecule has 0 amide bonds. The highest BCUT2D eigenvalue weighted by Crippen LogP contribution is 2.30. The summed E-state index contributed by atoms with van der Waals surface area (Å²) in [5.74, 6) is 0. The van der Waals surface area contributed by atoms with Crippen LogP contribution in [-0.2, 0) is 4.74 Å². The Bertz CT molecular complexity index is 639. The minimum atomic E-state index is -0.405. The molecule has 7 nitrogen and oxygen atoms in total. The van der Waals surface area contributed by atoms with Crippen molar-refractivity contribution < 1.29 is 14.4 Å². The Kier molecular flexibility index (Phi) is 4.28. The summed E-state index contributed by atoms with van der Waals surface area (Å²) in [5.41, 5.74) is 0.804. The van der Waals surface area contributed by atoms with Gasteiger partial charge < -0.3 is 9.47 Å². The first kappa shape index (κ1) is 14.2. The molecule has 0 bridgehead atoms. The fraction of sp³-hybridized carbons (Fsp3) is 0.462. The molecular formula is C13H15N3O4S. The second-order valence-electron chi connectivity index (χ2n) is 4.69. The molecular weight excluding hydrogens is 294 g/mol. The monoisotopic (exact) mass is 309 g/mol. The molecule has 0 aliphatic carbocycles. The van der Waals surface area contributed by atoms with Crippen LogP contribution in [0.3, 0.4) is 0 Å². The number of nitrogens with zero attached hydrogens (tertiary/aromatic N) is 3. The van der Waals surface area contributed by atoms with Crippen LogP contribution in [0.1, 0.15) is 0 Å². The molecule has 1 aromatic heterocycles. The van der Waals surface area contributed by atoms with Gasteiger partial charge in [-0.05, 0) is 6.07 Å². The Morgan fingerprint density at radius 1 is 1.43 bits per heavy atom. The third kappa shape index (κ3) is 3.46. The Morgan fingerprint density at radius 3 is 3.00 bits per heavy atom. The molecule has 0 spiro atoms. The lowest BCUT2D eigenvalue weighted by Crippen LogP contribution is -2.38. The number of rotatable bonds is 5. The summed E-state index contributed by atoms with van der Waals surface area (Å²) >= 11 is 1.33. The van der Waals surface area contributed by atoms with E-state index in [0.29, 0.717) is 11.8 Å². The van der Waals surface area contributed by atoms with E-state index in [1.807, 2.05) is 0 Å². The molecule has 1 aliphatic rings. The van der Waals surface area contributed by atoms with E-state index >= 15 is 0 Å². The van der Waals surface area contributed by atoms with Gasteiger partial charge in [0, 0.05) is 31.8 Å². The van der Waals surface area contributed by atoms with Gasteiger partial charge in [0.15, 0.2) is 0 Å². The quantitative estimate of drug-likeness (QED) is 0.620. The Morgan fingerprint density at radius 2 is 2.24 bits per heavy atom. The molecule has 1 aliphatic heterocycles. The maximum atomic E-state index is 10.7. The van der Waals surface area contributed by atoms with Crippen LogP contribution >= 0.6 is 11.3 Å². The first-order valence-corrected chi connectivity index (χ1v) is 7.52. The average molecular weight is 309 g/mol. The van der Waals surface area contributed by atoms with Gasteiger partial charge in [0.1, 0.15) is 6.61 Å². The van der Waals surface area contributed by atoms with Crippen molar-refractivity contribution in [3.8, 4) is 5.19 Å². The second kappa shape index (κ2) is 6.33. The van der Waals surface area contributed by atoms with E-state index in [4.69, 9.17) is 9.47 Å². The zero-order valence-corrected chi connectivity index (χ0v) is 12.2. The minimum absolute atomic E-state index is 0.0750. The molecule has 21 heavy (non-hydrogen) atoms. The summed E-state index contributed by atoms with van der Waals surface area (Å²) in [6, 6.07) is 4.64. The average Bonchev–Trinajstić information content (AvgIpc) is 2.90. The van der Waals surface area contributed by atoms with E-state index in [2.05, 4.69) is 9.88 Å². The number of benzene rings is 1. The zero-order valence-electron chi connectivity index (χ0n) is 11.4. The summed E-state index contributed by atoms with van der Waals surface area (Å²) in [7, 11) is 0. The van der Waals surface area contributed by atoms with Crippen molar-refractivity contribution >= 4 is 27.2 Å². The summed E-state index contributed by atoms with van der Waals surface area (Å²) < 4.78 is 11.7. The second-order valence-corrected chi connectivity index (χ2v) is 5.68. The molecule has 0 N–H and O–H groups in total. The smallest absolute Gasteiger partial charge is 0.274 e. The number of thiazole rings is 1. The molecule has 0 atom stereocenters. The van der Waals surface area contributed by atoms with Crippen molar-refractivity contribution in [2.45, 2.75) is 0 Å². The summed E-state index contributed by atoms with van der Waals surface area (Å²) in [4.78, 5) is 16.9. The maximum absolute atomic E-state index is 10.7. The number of morpholine rings is 1. The van der Waals surface area contributed by atoms with Crippen LogP contribution < -0.4 is 4.74 Å². The van der Waals surface area contributed by atoms with Crippen molar-refractivity contribution in [2.24, 2.45) is 0 Å². The largest absolute Gasteiger partial charge is 0.469 e. The Labute approximate surface area is 125 Å². The Hall–Kier alpha value is -1.77. The van der Waals surface area contributed by atoms with Crippen molar-refractivity contribution in [1.82, 2.24) is 9.88 Å². The number of fused-ring (bicyclic) bond motifs is 1. The molecule has 3 rings (SSSR count). The maximum Gasteiger partial charge on any atom is 0.274 e. The molecule has 1 saturated heterocycles. The van der Waals surface area contributed by atoms with E-state index in [1.54, 1.807) is 6.07 Å². The first-order chi connectivity index (χ1) is 10.2. The van der Waals surface area contributed by atoms with Gasteiger partial charge in [-0.25, -0.2) is 4.98 Å². The predicted molar refractivity (Wildman–Crippen MR) is 79.0 cm³/mol. The fourth-order valence-corrected chi connectivity index (χ4v) is 3.03. The topological polar surface area (TPSA) is 77.7 Å². The predicted octanol–water partition coefficient (Wildman–Crippen LogP) is 1.92. The number of non-ortho nitro benzene ring substituents is 1.